The van der Waals surface area contributed by atoms with Gasteiger partial charge in [0.05, 0.1) is 30.5 Å². The minimum absolute atomic E-state index is 0.128. The summed E-state index contributed by atoms with van der Waals surface area (Å²) in [5.74, 6) is 0.947. The molecule has 4 rings (SSSR count). The topological polar surface area (TPSA) is 74.7 Å². The molecule has 24 heavy (non-hydrogen) atoms. The molecule has 7 nitrogen and oxygen atoms in total. The van der Waals surface area contributed by atoms with Crippen LogP contribution < -0.4 is 10.6 Å². The molecule has 3 aliphatic heterocycles. The fraction of sp³-hybridized carbons (Fsp3) is 0.471. The zero-order valence-corrected chi connectivity index (χ0v) is 13.7. The van der Waals surface area contributed by atoms with E-state index in [4.69, 9.17) is 9.72 Å². The van der Waals surface area contributed by atoms with E-state index in [2.05, 4.69) is 32.9 Å². The van der Waals surface area contributed by atoms with Gasteiger partial charge >= 0.3 is 0 Å². The molecule has 1 fully saturated rings. The van der Waals surface area contributed by atoms with E-state index in [9.17, 15) is 0 Å². The molecule has 0 amide bonds. The fourth-order valence-corrected chi connectivity index (χ4v) is 3.47. The number of nitrogens with zero attached hydrogens (tertiary/aromatic N) is 4. The number of methoxy groups -OCH3 is 1. The standard InChI is InChI=1S/C17H22N6O/c1-24-11-13-6-12(7-19-13)21-17-10-18-9-15(22-17)14-8-20-23-5-3-2-4-16(14)23/h2-5,8-10,12-14,16,19H,6-7,11H2,1H3,(H,21,22)/t12-,13+,14?,16?/m1/s1. The molecule has 126 valence electrons. The van der Waals surface area contributed by atoms with Crippen molar-refractivity contribution in [2.24, 2.45) is 5.10 Å². The van der Waals surface area contributed by atoms with Crippen molar-refractivity contribution in [2.45, 2.75) is 30.5 Å². The lowest BCUT2D eigenvalue weighted by Gasteiger charge is -2.23. The van der Waals surface area contributed by atoms with E-state index in [0.29, 0.717) is 12.1 Å². The summed E-state index contributed by atoms with van der Waals surface area (Å²) in [7, 11) is 1.73. The first kappa shape index (κ1) is 15.3. The molecule has 1 aromatic rings. The minimum atomic E-state index is 0.128. The van der Waals surface area contributed by atoms with Crippen LogP contribution in [0.5, 0.6) is 0 Å². The smallest absolute Gasteiger partial charge is 0.145 e. The molecule has 2 N–H and O–H groups in total. The van der Waals surface area contributed by atoms with Gasteiger partial charge in [0, 0.05) is 44.3 Å². The minimum Gasteiger partial charge on any atom is -0.383 e. The lowest BCUT2D eigenvalue weighted by atomic mass is 9.97. The van der Waals surface area contributed by atoms with Gasteiger partial charge in [-0.2, -0.15) is 5.10 Å². The Morgan fingerprint density at radius 1 is 1.38 bits per heavy atom. The zero-order chi connectivity index (χ0) is 16.4. The van der Waals surface area contributed by atoms with E-state index in [0.717, 1.165) is 31.1 Å². The van der Waals surface area contributed by atoms with Crippen molar-refractivity contribution in [1.29, 1.82) is 0 Å². The third kappa shape index (κ3) is 3.05. The maximum atomic E-state index is 5.21. The zero-order valence-electron chi connectivity index (χ0n) is 13.7. The highest BCUT2D eigenvalue weighted by molar-refractivity contribution is 5.71. The van der Waals surface area contributed by atoms with E-state index in [-0.39, 0.29) is 12.0 Å². The molecule has 0 saturated carbocycles. The van der Waals surface area contributed by atoms with E-state index in [1.54, 1.807) is 13.3 Å². The number of hydrogen-bond acceptors (Lipinski definition) is 7. The lowest BCUT2D eigenvalue weighted by Crippen LogP contribution is -2.28. The molecular weight excluding hydrogens is 304 g/mol. The van der Waals surface area contributed by atoms with Crippen LogP contribution in [0.15, 0.2) is 41.9 Å². The number of ether oxygens (including phenoxy) is 1. The molecule has 0 aromatic carbocycles. The highest BCUT2D eigenvalue weighted by atomic mass is 16.5. The quantitative estimate of drug-likeness (QED) is 0.844. The number of hydrazone groups is 1. The van der Waals surface area contributed by atoms with Crippen molar-refractivity contribution in [3.05, 3.63) is 42.5 Å². The first-order chi connectivity index (χ1) is 11.8. The SMILES string of the molecule is COC[C@@H]1C[C@@H](Nc2cncc(C3C=NN4C=CC=CC34)n2)CN1. The predicted molar refractivity (Wildman–Crippen MR) is 92.9 cm³/mol. The van der Waals surface area contributed by atoms with Gasteiger partial charge in [0.1, 0.15) is 5.82 Å². The van der Waals surface area contributed by atoms with Crippen molar-refractivity contribution in [1.82, 2.24) is 20.3 Å². The Morgan fingerprint density at radius 2 is 2.33 bits per heavy atom. The summed E-state index contributed by atoms with van der Waals surface area (Å²) in [5, 5.41) is 13.3. The van der Waals surface area contributed by atoms with E-state index >= 15 is 0 Å². The normalized spacial score (nSPS) is 30.8. The van der Waals surface area contributed by atoms with Crippen LogP contribution in [0.25, 0.3) is 0 Å². The molecule has 0 aliphatic carbocycles. The molecule has 2 unspecified atom stereocenters. The maximum absolute atomic E-state index is 5.21. The molecule has 1 saturated heterocycles. The predicted octanol–water partition coefficient (Wildman–Crippen LogP) is 1.10. The Labute approximate surface area is 141 Å². The van der Waals surface area contributed by atoms with Crippen LogP contribution in [-0.2, 0) is 4.74 Å². The van der Waals surface area contributed by atoms with Gasteiger partial charge in [0.25, 0.3) is 0 Å². The summed E-state index contributed by atoms with van der Waals surface area (Å²) < 4.78 is 5.21. The molecule has 0 spiro atoms. The Morgan fingerprint density at radius 3 is 3.25 bits per heavy atom. The van der Waals surface area contributed by atoms with Crippen LogP contribution >= 0.6 is 0 Å². The fourth-order valence-electron chi connectivity index (χ4n) is 3.47. The van der Waals surface area contributed by atoms with Gasteiger partial charge in [-0.25, -0.2) is 4.98 Å². The summed E-state index contributed by atoms with van der Waals surface area (Å²) in [6.07, 6.45) is 14.8. The van der Waals surface area contributed by atoms with E-state index in [1.807, 2.05) is 29.7 Å². The van der Waals surface area contributed by atoms with Crippen molar-refractivity contribution < 1.29 is 4.74 Å². The Balaban J connectivity index is 1.44. The molecule has 0 bridgehead atoms. The number of fused-ring (bicyclic) bond motifs is 1. The molecular formula is C17H22N6O. The molecule has 4 heterocycles. The van der Waals surface area contributed by atoms with Crippen LogP contribution in [-0.4, -0.2) is 59.6 Å². The molecule has 3 aliphatic rings. The average Bonchev–Trinajstić information content (AvgIpc) is 3.22. The van der Waals surface area contributed by atoms with E-state index < -0.39 is 0 Å². The summed E-state index contributed by atoms with van der Waals surface area (Å²) in [6, 6.07) is 0.943. The largest absolute Gasteiger partial charge is 0.383 e. The van der Waals surface area contributed by atoms with E-state index in [1.165, 1.54) is 0 Å². The Bertz CT molecular complexity index is 673. The monoisotopic (exact) mass is 326 g/mol. The van der Waals surface area contributed by atoms with Gasteiger partial charge < -0.3 is 15.4 Å². The van der Waals surface area contributed by atoms with Gasteiger partial charge in [-0.15, -0.1) is 0 Å². The van der Waals surface area contributed by atoms with Crippen LogP contribution in [0.2, 0.25) is 0 Å². The third-order valence-corrected chi connectivity index (χ3v) is 4.63. The highest BCUT2D eigenvalue weighted by Gasteiger charge is 2.31. The number of allylic oxidation sites excluding steroid dienone is 2. The second kappa shape index (κ2) is 6.70. The summed E-state index contributed by atoms with van der Waals surface area (Å²) >= 11 is 0. The number of rotatable bonds is 5. The number of nitrogens with one attached hydrogen (secondary N) is 2. The highest BCUT2D eigenvalue weighted by Crippen LogP contribution is 2.29. The lowest BCUT2D eigenvalue weighted by molar-refractivity contribution is 0.173. The molecule has 7 heteroatoms. The summed E-state index contributed by atoms with van der Waals surface area (Å²) in [4.78, 5) is 9.14. The summed E-state index contributed by atoms with van der Waals surface area (Å²) in [6.45, 7) is 1.65. The van der Waals surface area contributed by atoms with Crippen molar-refractivity contribution >= 4 is 12.0 Å². The van der Waals surface area contributed by atoms with Gasteiger partial charge in [-0.05, 0) is 12.5 Å². The van der Waals surface area contributed by atoms with Crippen LogP contribution in [0.3, 0.4) is 0 Å². The first-order valence-corrected chi connectivity index (χ1v) is 8.32. The second-order valence-corrected chi connectivity index (χ2v) is 6.35. The number of anilines is 1. The first-order valence-electron chi connectivity index (χ1n) is 8.32. The van der Waals surface area contributed by atoms with Gasteiger partial charge in [0.15, 0.2) is 0 Å². The van der Waals surface area contributed by atoms with Crippen molar-refractivity contribution in [2.75, 3.05) is 25.6 Å². The van der Waals surface area contributed by atoms with Crippen molar-refractivity contribution in [3.63, 3.8) is 0 Å². The Kier molecular flexibility index (Phi) is 4.27. The average molecular weight is 326 g/mol. The van der Waals surface area contributed by atoms with Gasteiger partial charge in [0.2, 0.25) is 0 Å². The van der Waals surface area contributed by atoms with Crippen LogP contribution in [0, 0.1) is 0 Å². The summed E-state index contributed by atoms with van der Waals surface area (Å²) in [5.41, 5.74) is 0.940. The Hall–Kier alpha value is -2.25. The molecule has 1 aromatic heterocycles. The number of aromatic nitrogens is 2. The molecule has 0 radical (unpaired) electrons. The van der Waals surface area contributed by atoms with Crippen LogP contribution in [0.4, 0.5) is 5.82 Å². The van der Waals surface area contributed by atoms with Gasteiger partial charge in [-0.1, -0.05) is 12.2 Å². The van der Waals surface area contributed by atoms with Crippen molar-refractivity contribution in [3.8, 4) is 0 Å². The van der Waals surface area contributed by atoms with Gasteiger partial charge in [-0.3, -0.25) is 9.99 Å². The second-order valence-electron chi connectivity index (χ2n) is 6.35. The maximum Gasteiger partial charge on any atom is 0.145 e. The van der Waals surface area contributed by atoms with Crippen LogP contribution in [0.1, 0.15) is 18.0 Å². The molecule has 4 atom stereocenters. The third-order valence-electron chi connectivity index (χ3n) is 4.63. The number of hydrogen-bond donors (Lipinski definition) is 2.